The van der Waals surface area contributed by atoms with Gasteiger partial charge in [0.25, 0.3) is 0 Å². The fourth-order valence-electron chi connectivity index (χ4n) is 1.97. The average Bonchev–Trinajstić information content (AvgIpc) is 2.37. The monoisotopic (exact) mass is 244 g/mol. The summed E-state index contributed by atoms with van der Waals surface area (Å²) in [7, 11) is 0. The zero-order chi connectivity index (χ0) is 13.0. The molecule has 2 aromatic rings. The van der Waals surface area contributed by atoms with Crippen molar-refractivity contribution in [2.75, 3.05) is 0 Å². The predicted molar refractivity (Wildman–Crippen MR) is 69.5 cm³/mol. The summed E-state index contributed by atoms with van der Waals surface area (Å²) in [6.45, 7) is 0. The van der Waals surface area contributed by atoms with E-state index in [0.29, 0.717) is 12.8 Å². The van der Waals surface area contributed by atoms with Crippen LogP contribution in [-0.4, -0.2) is 15.3 Å². The van der Waals surface area contributed by atoms with Gasteiger partial charge in [0.05, 0.1) is 11.7 Å². The number of benzene rings is 2. The first-order valence-corrected chi connectivity index (χ1v) is 5.91. The van der Waals surface area contributed by atoms with Gasteiger partial charge < -0.3 is 15.3 Å². The lowest BCUT2D eigenvalue weighted by atomic mass is 10.00. The molecule has 1 atom stereocenters. The Balaban J connectivity index is 2.06. The van der Waals surface area contributed by atoms with Crippen molar-refractivity contribution in [2.24, 2.45) is 0 Å². The molecule has 2 aromatic carbocycles. The summed E-state index contributed by atoms with van der Waals surface area (Å²) < 4.78 is 0. The number of rotatable bonds is 4. The van der Waals surface area contributed by atoms with Crippen LogP contribution in [0.4, 0.5) is 0 Å². The molecule has 3 nitrogen and oxygen atoms in total. The van der Waals surface area contributed by atoms with Gasteiger partial charge >= 0.3 is 0 Å². The minimum absolute atomic E-state index is 0.0736. The zero-order valence-electron chi connectivity index (χ0n) is 9.95. The summed E-state index contributed by atoms with van der Waals surface area (Å²) in [6.07, 6.45) is 0.275. The van der Waals surface area contributed by atoms with Crippen LogP contribution in [0.2, 0.25) is 0 Å². The first-order valence-electron chi connectivity index (χ1n) is 5.91. The van der Waals surface area contributed by atoms with Crippen LogP contribution in [0, 0.1) is 0 Å². The fourth-order valence-corrected chi connectivity index (χ4v) is 1.97. The second kappa shape index (κ2) is 5.56. The lowest BCUT2D eigenvalue weighted by Crippen LogP contribution is -2.00. The molecule has 0 saturated carbocycles. The molecule has 0 amide bonds. The summed E-state index contributed by atoms with van der Waals surface area (Å²) in [5.41, 5.74) is 1.32. The smallest absolute Gasteiger partial charge is 0.125 e. The maximum Gasteiger partial charge on any atom is 0.125 e. The highest BCUT2D eigenvalue weighted by Crippen LogP contribution is 2.34. The van der Waals surface area contributed by atoms with Gasteiger partial charge in [-0.05, 0) is 30.5 Å². The Labute approximate surface area is 106 Å². The van der Waals surface area contributed by atoms with Crippen LogP contribution < -0.4 is 0 Å². The molecule has 3 heteroatoms. The lowest BCUT2D eigenvalue weighted by molar-refractivity contribution is 0.160. The van der Waals surface area contributed by atoms with E-state index in [-0.39, 0.29) is 17.1 Å². The van der Waals surface area contributed by atoms with Crippen molar-refractivity contribution in [3.05, 3.63) is 59.7 Å². The molecule has 3 N–H and O–H groups in total. The van der Waals surface area contributed by atoms with Gasteiger partial charge in [-0.2, -0.15) is 0 Å². The van der Waals surface area contributed by atoms with E-state index in [1.54, 1.807) is 0 Å². The molecule has 0 saturated heterocycles. The van der Waals surface area contributed by atoms with Crippen molar-refractivity contribution in [3.8, 4) is 11.5 Å². The Kier molecular flexibility index (Phi) is 3.85. The Hall–Kier alpha value is -2.00. The second-order valence-corrected chi connectivity index (χ2v) is 4.25. The predicted octanol–water partition coefficient (Wildman–Crippen LogP) is 2.76. The van der Waals surface area contributed by atoms with E-state index in [2.05, 4.69) is 0 Å². The van der Waals surface area contributed by atoms with Gasteiger partial charge in [-0.1, -0.05) is 36.4 Å². The third-order valence-electron chi connectivity index (χ3n) is 2.94. The molecular weight excluding hydrogens is 228 g/mol. The first-order chi connectivity index (χ1) is 8.68. The van der Waals surface area contributed by atoms with Crippen LogP contribution in [-0.2, 0) is 6.42 Å². The highest BCUT2D eigenvalue weighted by atomic mass is 16.3. The van der Waals surface area contributed by atoms with Crippen molar-refractivity contribution in [1.29, 1.82) is 0 Å². The van der Waals surface area contributed by atoms with Gasteiger partial charge in [-0.15, -0.1) is 0 Å². The second-order valence-electron chi connectivity index (χ2n) is 4.25. The fraction of sp³-hybridized carbons (Fsp3) is 0.200. The van der Waals surface area contributed by atoms with Gasteiger partial charge in [-0.3, -0.25) is 0 Å². The van der Waals surface area contributed by atoms with Crippen molar-refractivity contribution in [3.63, 3.8) is 0 Å². The Bertz CT molecular complexity index is 488. The molecular formula is C15H16O3. The van der Waals surface area contributed by atoms with E-state index in [0.717, 1.165) is 5.56 Å². The molecule has 0 aliphatic heterocycles. The molecule has 94 valence electrons. The summed E-state index contributed by atoms with van der Waals surface area (Å²) in [5.74, 6) is -0.147. The molecule has 1 unspecified atom stereocenters. The van der Waals surface area contributed by atoms with Gasteiger partial charge in [0.1, 0.15) is 11.5 Å². The van der Waals surface area contributed by atoms with E-state index >= 15 is 0 Å². The molecule has 0 fully saturated rings. The number of aliphatic hydroxyl groups excluding tert-OH is 1. The third-order valence-corrected chi connectivity index (χ3v) is 2.94. The van der Waals surface area contributed by atoms with E-state index in [1.807, 2.05) is 30.3 Å². The summed E-state index contributed by atoms with van der Waals surface area (Å²) >= 11 is 0. The molecule has 2 rings (SSSR count). The van der Waals surface area contributed by atoms with Crippen LogP contribution in [0.5, 0.6) is 11.5 Å². The Morgan fingerprint density at radius 2 is 1.44 bits per heavy atom. The van der Waals surface area contributed by atoms with Crippen molar-refractivity contribution < 1.29 is 15.3 Å². The van der Waals surface area contributed by atoms with Crippen molar-refractivity contribution >= 4 is 0 Å². The van der Waals surface area contributed by atoms with Gasteiger partial charge in [0.15, 0.2) is 0 Å². The number of hydrogen-bond donors (Lipinski definition) is 3. The minimum atomic E-state index is -0.869. The standard InChI is InChI=1S/C15H16O3/c16-12-7-4-8-13(17)15(12)14(18)10-9-11-5-2-1-3-6-11/h1-8,14,16-18H,9-10H2. The molecule has 0 aromatic heterocycles. The Morgan fingerprint density at radius 3 is 2.06 bits per heavy atom. The molecule has 0 aliphatic carbocycles. The van der Waals surface area contributed by atoms with Gasteiger partial charge in [0, 0.05) is 0 Å². The molecule has 0 radical (unpaired) electrons. The maximum atomic E-state index is 10.0. The van der Waals surface area contributed by atoms with Crippen LogP contribution in [0.15, 0.2) is 48.5 Å². The molecule has 18 heavy (non-hydrogen) atoms. The Morgan fingerprint density at radius 1 is 0.833 bits per heavy atom. The molecule has 0 aliphatic rings. The molecule has 0 bridgehead atoms. The number of hydrogen-bond acceptors (Lipinski definition) is 3. The number of phenolic OH excluding ortho intramolecular Hbond substituents is 2. The maximum absolute atomic E-state index is 10.0. The van der Waals surface area contributed by atoms with E-state index < -0.39 is 6.10 Å². The van der Waals surface area contributed by atoms with Gasteiger partial charge in [-0.25, -0.2) is 0 Å². The van der Waals surface area contributed by atoms with Crippen molar-refractivity contribution in [2.45, 2.75) is 18.9 Å². The quantitative estimate of drug-likeness (QED) is 0.775. The van der Waals surface area contributed by atoms with Crippen LogP contribution >= 0.6 is 0 Å². The summed E-state index contributed by atoms with van der Waals surface area (Å²) in [5, 5.41) is 29.3. The number of aliphatic hydroxyl groups is 1. The molecule has 0 heterocycles. The number of aromatic hydroxyl groups is 2. The average molecular weight is 244 g/mol. The summed E-state index contributed by atoms with van der Waals surface area (Å²) in [4.78, 5) is 0. The van der Waals surface area contributed by atoms with E-state index in [4.69, 9.17) is 0 Å². The number of aryl methyl sites for hydroxylation is 1. The van der Waals surface area contributed by atoms with Crippen LogP contribution in [0.1, 0.15) is 23.7 Å². The van der Waals surface area contributed by atoms with Gasteiger partial charge in [0.2, 0.25) is 0 Å². The largest absolute Gasteiger partial charge is 0.507 e. The van der Waals surface area contributed by atoms with Crippen LogP contribution in [0.3, 0.4) is 0 Å². The normalized spacial score (nSPS) is 12.3. The highest BCUT2D eigenvalue weighted by molar-refractivity contribution is 5.44. The highest BCUT2D eigenvalue weighted by Gasteiger charge is 2.16. The van der Waals surface area contributed by atoms with E-state index in [9.17, 15) is 15.3 Å². The number of phenols is 2. The summed E-state index contributed by atoms with van der Waals surface area (Å²) in [6, 6.07) is 14.3. The van der Waals surface area contributed by atoms with E-state index in [1.165, 1.54) is 18.2 Å². The third kappa shape index (κ3) is 2.81. The first kappa shape index (κ1) is 12.5. The topological polar surface area (TPSA) is 60.7 Å². The zero-order valence-corrected chi connectivity index (χ0v) is 9.95. The molecule has 0 spiro atoms. The minimum Gasteiger partial charge on any atom is -0.507 e. The van der Waals surface area contributed by atoms with Crippen LogP contribution in [0.25, 0.3) is 0 Å². The lowest BCUT2D eigenvalue weighted by Gasteiger charge is -2.14. The van der Waals surface area contributed by atoms with Crippen molar-refractivity contribution in [1.82, 2.24) is 0 Å². The SMILES string of the molecule is Oc1cccc(O)c1C(O)CCc1ccccc1.